The molecule has 3 nitrogen and oxygen atoms in total. The molecule has 1 aromatic heterocycles. The molecule has 1 aromatic carbocycles. The van der Waals surface area contributed by atoms with E-state index in [0.29, 0.717) is 17.9 Å². The zero-order chi connectivity index (χ0) is 14.6. The van der Waals surface area contributed by atoms with Crippen LogP contribution in [0.25, 0.3) is 0 Å². The van der Waals surface area contributed by atoms with E-state index in [1.165, 1.54) is 0 Å². The number of benzene rings is 1. The van der Waals surface area contributed by atoms with E-state index in [1.807, 2.05) is 51.1 Å². The standard InChI is InChI=1S/C17H19NO2/c1-4-20-15-10-13(11-18-12-15)16(19)17(2,3)14-8-6-5-7-9-14/h5-12H,4H2,1-3H3. The van der Waals surface area contributed by atoms with Crippen LogP contribution in [0.4, 0.5) is 0 Å². The van der Waals surface area contributed by atoms with Crippen molar-refractivity contribution in [1.82, 2.24) is 4.98 Å². The normalized spacial score (nSPS) is 11.2. The van der Waals surface area contributed by atoms with E-state index in [0.717, 1.165) is 5.56 Å². The highest BCUT2D eigenvalue weighted by molar-refractivity contribution is 6.03. The number of nitrogens with zero attached hydrogens (tertiary/aromatic N) is 1. The molecule has 0 N–H and O–H groups in total. The van der Waals surface area contributed by atoms with E-state index < -0.39 is 5.41 Å². The van der Waals surface area contributed by atoms with Crippen LogP contribution in [0.3, 0.4) is 0 Å². The van der Waals surface area contributed by atoms with Crippen molar-refractivity contribution in [3.8, 4) is 5.75 Å². The average molecular weight is 269 g/mol. The van der Waals surface area contributed by atoms with Gasteiger partial charge in [-0.3, -0.25) is 9.78 Å². The van der Waals surface area contributed by atoms with Crippen molar-refractivity contribution in [2.24, 2.45) is 0 Å². The van der Waals surface area contributed by atoms with Crippen LogP contribution in [0.15, 0.2) is 48.8 Å². The van der Waals surface area contributed by atoms with Gasteiger partial charge in [-0.1, -0.05) is 30.3 Å². The Balaban J connectivity index is 2.33. The minimum absolute atomic E-state index is 0.0396. The third kappa shape index (κ3) is 2.87. The van der Waals surface area contributed by atoms with Gasteiger partial charge >= 0.3 is 0 Å². The zero-order valence-electron chi connectivity index (χ0n) is 12.1. The molecular formula is C17H19NO2. The number of ketones is 1. The van der Waals surface area contributed by atoms with Crippen molar-refractivity contribution >= 4 is 5.78 Å². The predicted octanol–water partition coefficient (Wildman–Crippen LogP) is 3.64. The summed E-state index contributed by atoms with van der Waals surface area (Å²) in [6.45, 7) is 6.32. The molecule has 0 aliphatic heterocycles. The first kappa shape index (κ1) is 14.3. The summed E-state index contributed by atoms with van der Waals surface area (Å²) in [5.41, 5.74) is 0.977. The molecule has 104 valence electrons. The third-order valence-electron chi connectivity index (χ3n) is 3.35. The largest absolute Gasteiger partial charge is 0.492 e. The quantitative estimate of drug-likeness (QED) is 0.778. The number of carbonyl (C=O) groups excluding carboxylic acids is 1. The average Bonchev–Trinajstić information content (AvgIpc) is 2.48. The molecule has 0 aliphatic rings. The van der Waals surface area contributed by atoms with Crippen molar-refractivity contribution in [2.75, 3.05) is 6.61 Å². The minimum Gasteiger partial charge on any atom is -0.492 e. The van der Waals surface area contributed by atoms with Crippen LogP contribution in [-0.2, 0) is 5.41 Å². The van der Waals surface area contributed by atoms with Crippen molar-refractivity contribution in [3.05, 3.63) is 59.9 Å². The first-order valence-electron chi connectivity index (χ1n) is 6.74. The van der Waals surface area contributed by atoms with Crippen molar-refractivity contribution in [1.29, 1.82) is 0 Å². The summed E-state index contributed by atoms with van der Waals surface area (Å²) in [6, 6.07) is 11.5. The molecule has 0 spiro atoms. The number of hydrogen-bond donors (Lipinski definition) is 0. The van der Waals surface area contributed by atoms with E-state index in [2.05, 4.69) is 4.98 Å². The van der Waals surface area contributed by atoms with E-state index in [4.69, 9.17) is 4.74 Å². The molecule has 0 saturated heterocycles. The van der Waals surface area contributed by atoms with Crippen LogP contribution in [0.5, 0.6) is 5.75 Å². The zero-order valence-corrected chi connectivity index (χ0v) is 12.1. The van der Waals surface area contributed by atoms with Gasteiger partial charge in [-0.15, -0.1) is 0 Å². The lowest BCUT2D eigenvalue weighted by Gasteiger charge is -2.23. The Labute approximate surface area is 119 Å². The minimum atomic E-state index is -0.590. The molecule has 0 radical (unpaired) electrons. The Bertz CT molecular complexity index is 591. The van der Waals surface area contributed by atoms with Gasteiger partial charge < -0.3 is 4.74 Å². The van der Waals surface area contributed by atoms with Gasteiger partial charge in [0.15, 0.2) is 5.78 Å². The molecule has 0 amide bonds. The van der Waals surface area contributed by atoms with Crippen LogP contribution in [-0.4, -0.2) is 17.4 Å². The van der Waals surface area contributed by atoms with E-state index in [1.54, 1.807) is 18.5 Å². The summed E-state index contributed by atoms with van der Waals surface area (Å²) in [6.07, 6.45) is 3.21. The van der Waals surface area contributed by atoms with Gasteiger partial charge in [0.2, 0.25) is 0 Å². The van der Waals surface area contributed by atoms with Gasteiger partial charge in [0.1, 0.15) is 5.75 Å². The molecule has 2 aromatic rings. The highest BCUT2D eigenvalue weighted by Gasteiger charge is 2.30. The third-order valence-corrected chi connectivity index (χ3v) is 3.35. The summed E-state index contributed by atoms with van der Waals surface area (Å²) >= 11 is 0. The van der Waals surface area contributed by atoms with Crippen LogP contribution in [0.1, 0.15) is 36.7 Å². The Kier molecular flexibility index (Phi) is 4.18. The number of rotatable bonds is 5. The smallest absolute Gasteiger partial charge is 0.174 e. The van der Waals surface area contributed by atoms with Crippen molar-refractivity contribution < 1.29 is 9.53 Å². The van der Waals surface area contributed by atoms with Gasteiger partial charge in [0, 0.05) is 11.8 Å². The maximum Gasteiger partial charge on any atom is 0.174 e. The molecule has 0 aliphatic carbocycles. The van der Waals surface area contributed by atoms with Gasteiger partial charge in [-0.05, 0) is 32.4 Å². The summed E-state index contributed by atoms with van der Waals surface area (Å²) in [4.78, 5) is 16.8. The fourth-order valence-corrected chi connectivity index (χ4v) is 2.14. The molecule has 0 unspecified atom stereocenters. The highest BCUT2D eigenvalue weighted by Crippen LogP contribution is 2.28. The Morgan fingerprint density at radius 1 is 1.20 bits per heavy atom. The fraction of sp³-hybridized carbons (Fsp3) is 0.294. The van der Waals surface area contributed by atoms with Crippen molar-refractivity contribution in [2.45, 2.75) is 26.2 Å². The molecule has 1 heterocycles. The summed E-state index contributed by atoms with van der Waals surface area (Å²) in [5.74, 6) is 0.667. The summed E-state index contributed by atoms with van der Waals surface area (Å²) < 4.78 is 5.40. The SMILES string of the molecule is CCOc1cncc(C(=O)C(C)(C)c2ccccc2)c1. The van der Waals surface area contributed by atoms with Gasteiger partial charge in [-0.25, -0.2) is 0 Å². The molecule has 0 fully saturated rings. The van der Waals surface area contributed by atoms with Crippen LogP contribution >= 0.6 is 0 Å². The molecule has 3 heteroatoms. The number of carbonyl (C=O) groups is 1. The first-order valence-corrected chi connectivity index (χ1v) is 6.74. The fourth-order valence-electron chi connectivity index (χ4n) is 2.14. The van der Waals surface area contributed by atoms with Crippen LogP contribution < -0.4 is 4.74 Å². The molecule has 2 rings (SSSR count). The topological polar surface area (TPSA) is 39.2 Å². The second-order valence-electron chi connectivity index (χ2n) is 5.16. The van der Waals surface area contributed by atoms with Gasteiger partial charge in [0.05, 0.1) is 18.2 Å². The highest BCUT2D eigenvalue weighted by atomic mass is 16.5. The maximum absolute atomic E-state index is 12.7. The lowest BCUT2D eigenvalue weighted by molar-refractivity contribution is 0.0908. The van der Waals surface area contributed by atoms with Gasteiger partial charge in [-0.2, -0.15) is 0 Å². The van der Waals surface area contributed by atoms with E-state index >= 15 is 0 Å². The lowest BCUT2D eigenvalue weighted by Crippen LogP contribution is -2.29. The number of ether oxygens (including phenoxy) is 1. The van der Waals surface area contributed by atoms with Gasteiger partial charge in [0.25, 0.3) is 0 Å². The molecule has 20 heavy (non-hydrogen) atoms. The number of Topliss-reactive ketones (excluding diaryl/α,β-unsaturated/α-hetero) is 1. The molecular weight excluding hydrogens is 250 g/mol. The monoisotopic (exact) mass is 269 g/mol. The summed E-state index contributed by atoms with van der Waals surface area (Å²) in [7, 11) is 0. The number of aromatic nitrogens is 1. The Hall–Kier alpha value is -2.16. The predicted molar refractivity (Wildman–Crippen MR) is 79.2 cm³/mol. The first-order chi connectivity index (χ1) is 9.55. The molecule has 0 atom stereocenters. The Morgan fingerprint density at radius 2 is 1.90 bits per heavy atom. The lowest BCUT2D eigenvalue weighted by atomic mass is 9.78. The second kappa shape index (κ2) is 5.87. The Morgan fingerprint density at radius 3 is 2.55 bits per heavy atom. The van der Waals surface area contributed by atoms with Crippen molar-refractivity contribution in [3.63, 3.8) is 0 Å². The number of hydrogen-bond acceptors (Lipinski definition) is 3. The van der Waals surface area contributed by atoms with E-state index in [9.17, 15) is 4.79 Å². The van der Waals surface area contributed by atoms with E-state index in [-0.39, 0.29) is 5.78 Å². The maximum atomic E-state index is 12.7. The van der Waals surface area contributed by atoms with Crippen LogP contribution in [0, 0.1) is 0 Å². The second-order valence-corrected chi connectivity index (χ2v) is 5.16. The molecule has 0 bridgehead atoms. The van der Waals surface area contributed by atoms with Crippen LogP contribution in [0.2, 0.25) is 0 Å². The summed E-state index contributed by atoms with van der Waals surface area (Å²) in [5, 5.41) is 0. The molecule has 0 saturated carbocycles. The number of pyridine rings is 1.